The highest BCUT2D eigenvalue weighted by atomic mass is 32.1. The molecule has 1 aromatic heterocycles. The summed E-state index contributed by atoms with van der Waals surface area (Å²) in [4.78, 5) is 1.43. The zero-order valence-corrected chi connectivity index (χ0v) is 9.47. The van der Waals surface area contributed by atoms with Gasteiger partial charge in [0.05, 0.1) is 0 Å². The van der Waals surface area contributed by atoms with E-state index in [2.05, 4.69) is 36.6 Å². The van der Waals surface area contributed by atoms with Gasteiger partial charge in [0.2, 0.25) is 0 Å². The summed E-state index contributed by atoms with van der Waals surface area (Å²) in [6.07, 6.45) is 0. The van der Waals surface area contributed by atoms with E-state index in [1.54, 1.807) is 0 Å². The summed E-state index contributed by atoms with van der Waals surface area (Å²) in [5.74, 6) is 0.418. The van der Waals surface area contributed by atoms with E-state index in [1.165, 1.54) is 27.1 Å². The van der Waals surface area contributed by atoms with Crippen LogP contribution in [0.15, 0.2) is 29.6 Å². The zero-order chi connectivity index (χ0) is 10.4. The van der Waals surface area contributed by atoms with Gasteiger partial charge in [0.15, 0.2) is 0 Å². The number of nitrogens with two attached hydrogens (primary N) is 1. The Morgan fingerprint density at radius 2 is 2.13 bits per heavy atom. The smallest absolute Gasteiger partial charge is 0.0387 e. The van der Waals surface area contributed by atoms with Crippen LogP contribution in [-0.2, 0) is 0 Å². The van der Waals surface area contributed by atoms with Gasteiger partial charge in [0.1, 0.15) is 0 Å². The minimum absolute atomic E-state index is 0.418. The molecular formula is C13H13NS. The van der Waals surface area contributed by atoms with Gasteiger partial charge < -0.3 is 5.73 Å². The summed E-state index contributed by atoms with van der Waals surface area (Å²) in [6.45, 7) is 2.89. The van der Waals surface area contributed by atoms with Gasteiger partial charge >= 0.3 is 0 Å². The number of rotatable bonds is 1. The lowest BCUT2D eigenvalue weighted by Crippen LogP contribution is -2.10. The van der Waals surface area contributed by atoms with Crippen LogP contribution in [0.1, 0.15) is 22.6 Å². The molecule has 0 radical (unpaired) electrons. The molecule has 0 aliphatic heterocycles. The molecule has 1 atom stereocenters. The van der Waals surface area contributed by atoms with E-state index in [9.17, 15) is 0 Å². The maximum Gasteiger partial charge on any atom is 0.0387 e. The molecule has 1 aliphatic rings. The quantitative estimate of drug-likeness (QED) is 0.777. The molecule has 0 amide bonds. The van der Waals surface area contributed by atoms with Crippen molar-refractivity contribution in [1.82, 2.24) is 0 Å². The fraction of sp³-hybridized carbons (Fsp3) is 0.231. The van der Waals surface area contributed by atoms with Gasteiger partial charge in [-0.15, -0.1) is 11.3 Å². The number of thiophene rings is 1. The molecule has 0 bridgehead atoms. The van der Waals surface area contributed by atoms with Crippen LogP contribution >= 0.6 is 11.3 Å². The minimum Gasteiger partial charge on any atom is -0.330 e. The van der Waals surface area contributed by atoms with Crippen molar-refractivity contribution in [2.45, 2.75) is 12.8 Å². The Labute approximate surface area is 93.6 Å². The van der Waals surface area contributed by atoms with Crippen LogP contribution < -0.4 is 5.73 Å². The molecule has 2 N–H and O–H groups in total. The Bertz CT molecular complexity index is 513. The van der Waals surface area contributed by atoms with Crippen LogP contribution in [-0.4, -0.2) is 6.54 Å². The summed E-state index contributed by atoms with van der Waals surface area (Å²) in [6, 6.07) is 8.75. The summed E-state index contributed by atoms with van der Waals surface area (Å²) in [5.41, 5.74) is 11.5. The lowest BCUT2D eigenvalue weighted by atomic mass is 9.96. The molecule has 15 heavy (non-hydrogen) atoms. The maximum absolute atomic E-state index is 5.88. The lowest BCUT2D eigenvalue weighted by Gasteiger charge is -2.09. The Balaban J connectivity index is 2.34. The van der Waals surface area contributed by atoms with Crippen molar-refractivity contribution in [1.29, 1.82) is 0 Å². The molecule has 1 nitrogen and oxygen atoms in total. The predicted octanol–water partition coefficient (Wildman–Crippen LogP) is 3.13. The average molecular weight is 215 g/mol. The van der Waals surface area contributed by atoms with Gasteiger partial charge in [-0.3, -0.25) is 0 Å². The molecule has 1 heterocycles. The number of hydrogen-bond acceptors (Lipinski definition) is 2. The number of fused-ring (bicyclic) bond motifs is 3. The zero-order valence-electron chi connectivity index (χ0n) is 8.66. The summed E-state index contributed by atoms with van der Waals surface area (Å²) in [5, 5.41) is 2.17. The summed E-state index contributed by atoms with van der Waals surface area (Å²) >= 11 is 1.83. The Hall–Kier alpha value is -1.12. The highest BCUT2D eigenvalue weighted by molar-refractivity contribution is 7.14. The molecule has 0 saturated heterocycles. The van der Waals surface area contributed by atoms with Crippen molar-refractivity contribution >= 4 is 11.3 Å². The molecule has 3 rings (SSSR count). The summed E-state index contributed by atoms with van der Waals surface area (Å²) < 4.78 is 0. The van der Waals surface area contributed by atoms with Crippen molar-refractivity contribution in [3.05, 3.63) is 46.3 Å². The highest BCUT2D eigenvalue weighted by Gasteiger charge is 2.29. The van der Waals surface area contributed by atoms with E-state index in [4.69, 9.17) is 5.73 Å². The monoisotopic (exact) mass is 215 g/mol. The van der Waals surface area contributed by atoms with Crippen molar-refractivity contribution < 1.29 is 0 Å². The molecule has 0 spiro atoms. The van der Waals surface area contributed by atoms with Gasteiger partial charge in [-0.2, -0.15) is 0 Å². The summed E-state index contributed by atoms with van der Waals surface area (Å²) in [7, 11) is 0. The van der Waals surface area contributed by atoms with Gasteiger partial charge in [0, 0.05) is 17.3 Å². The van der Waals surface area contributed by atoms with Crippen molar-refractivity contribution in [3.8, 4) is 10.4 Å². The SMILES string of the molecule is Cc1cccc2c1-c1sccc1C2CN. The number of benzene rings is 1. The number of hydrogen-bond donors (Lipinski definition) is 1. The Kier molecular flexibility index (Phi) is 1.94. The van der Waals surface area contributed by atoms with Crippen LogP contribution in [0.2, 0.25) is 0 Å². The van der Waals surface area contributed by atoms with Crippen LogP contribution in [0, 0.1) is 6.92 Å². The largest absolute Gasteiger partial charge is 0.330 e. The Morgan fingerprint density at radius 3 is 2.93 bits per heavy atom. The van der Waals surface area contributed by atoms with E-state index in [-0.39, 0.29) is 0 Å². The third-order valence-electron chi connectivity index (χ3n) is 3.21. The first kappa shape index (κ1) is 9.13. The van der Waals surface area contributed by atoms with E-state index in [1.807, 2.05) is 11.3 Å². The standard InChI is InChI=1S/C13H13NS/c1-8-3-2-4-9-11(7-14)10-5-6-15-13(10)12(8)9/h2-6,11H,7,14H2,1H3. The molecule has 1 aliphatic carbocycles. The molecule has 1 unspecified atom stereocenters. The van der Waals surface area contributed by atoms with Crippen molar-refractivity contribution in [2.24, 2.45) is 5.73 Å². The van der Waals surface area contributed by atoms with E-state index in [0.29, 0.717) is 12.5 Å². The van der Waals surface area contributed by atoms with E-state index < -0.39 is 0 Å². The topological polar surface area (TPSA) is 26.0 Å². The fourth-order valence-electron chi connectivity index (χ4n) is 2.51. The highest BCUT2D eigenvalue weighted by Crippen LogP contribution is 2.48. The van der Waals surface area contributed by atoms with Crippen LogP contribution in [0.5, 0.6) is 0 Å². The normalized spacial score (nSPS) is 17.6. The van der Waals surface area contributed by atoms with Gasteiger partial charge in [0.25, 0.3) is 0 Å². The molecule has 0 fully saturated rings. The molecule has 0 saturated carbocycles. The van der Waals surface area contributed by atoms with E-state index >= 15 is 0 Å². The van der Waals surface area contributed by atoms with Gasteiger partial charge in [-0.25, -0.2) is 0 Å². The Morgan fingerprint density at radius 1 is 1.27 bits per heavy atom. The predicted molar refractivity (Wildman–Crippen MR) is 65.4 cm³/mol. The number of aryl methyl sites for hydroxylation is 1. The van der Waals surface area contributed by atoms with Crippen molar-refractivity contribution in [2.75, 3.05) is 6.54 Å². The molecule has 2 aromatic rings. The third kappa shape index (κ3) is 1.12. The molecule has 76 valence electrons. The van der Waals surface area contributed by atoms with Gasteiger partial charge in [-0.05, 0) is 40.6 Å². The van der Waals surface area contributed by atoms with E-state index in [0.717, 1.165) is 0 Å². The average Bonchev–Trinajstić information content (AvgIpc) is 2.76. The first-order chi connectivity index (χ1) is 7.33. The molecular weight excluding hydrogens is 202 g/mol. The molecule has 1 aromatic carbocycles. The van der Waals surface area contributed by atoms with Crippen LogP contribution in [0.4, 0.5) is 0 Å². The van der Waals surface area contributed by atoms with Crippen LogP contribution in [0.3, 0.4) is 0 Å². The fourth-order valence-corrected chi connectivity index (χ4v) is 3.60. The second-order valence-electron chi connectivity index (χ2n) is 4.03. The third-order valence-corrected chi connectivity index (χ3v) is 4.16. The van der Waals surface area contributed by atoms with Crippen LogP contribution in [0.25, 0.3) is 10.4 Å². The maximum atomic E-state index is 5.88. The first-order valence-electron chi connectivity index (χ1n) is 5.20. The first-order valence-corrected chi connectivity index (χ1v) is 6.08. The molecule has 2 heteroatoms. The van der Waals surface area contributed by atoms with Crippen molar-refractivity contribution in [3.63, 3.8) is 0 Å². The second kappa shape index (κ2) is 3.19. The second-order valence-corrected chi connectivity index (χ2v) is 4.95. The van der Waals surface area contributed by atoms with Gasteiger partial charge in [-0.1, -0.05) is 18.2 Å². The minimum atomic E-state index is 0.418. The lowest BCUT2D eigenvalue weighted by molar-refractivity contribution is 0.842.